The van der Waals surface area contributed by atoms with Crippen molar-refractivity contribution in [1.29, 1.82) is 0 Å². The van der Waals surface area contributed by atoms with Crippen molar-refractivity contribution in [2.45, 2.75) is 6.42 Å². The number of amides is 1. The number of nitrogens with one attached hydrogen (secondary N) is 1. The predicted molar refractivity (Wildman–Crippen MR) is 108 cm³/mol. The highest BCUT2D eigenvalue weighted by atomic mass is 16.5. The number of nitrogens with zero attached hydrogens (tertiary/aromatic N) is 4. The summed E-state index contributed by atoms with van der Waals surface area (Å²) in [6, 6.07) is 10.2. The molecule has 144 valence electrons. The molecule has 1 aromatic carbocycles. The number of ether oxygens (including phenoxy) is 1. The first-order valence-electron chi connectivity index (χ1n) is 9.28. The Bertz CT molecular complexity index is 970. The molecule has 8 heteroatoms. The van der Waals surface area contributed by atoms with Crippen LogP contribution < -0.4 is 16.0 Å². The Balaban J connectivity index is 1.63. The molecule has 2 aromatic heterocycles. The number of nitrogens with two attached hydrogens (primary N) is 1. The molecule has 8 nitrogen and oxygen atoms in total. The Morgan fingerprint density at radius 2 is 1.89 bits per heavy atom. The Morgan fingerprint density at radius 3 is 2.64 bits per heavy atom. The number of benzene rings is 1. The van der Waals surface area contributed by atoms with Crippen LogP contribution in [-0.4, -0.2) is 53.7 Å². The normalized spacial score (nSPS) is 14.2. The average Bonchev–Trinajstić information content (AvgIpc) is 2.74. The molecule has 1 saturated heterocycles. The first-order chi connectivity index (χ1) is 13.7. The van der Waals surface area contributed by atoms with Gasteiger partial charge in [0.05, 0.1) is 24.4 Å². The second-order valence-corrected chi connectivity index (χ2v) is 6.57. The SMILES string of the molecule is NC(=O)CCNc1nc(-c2ccc(N3CCOCC3)cc2)cc2nccnc12. The number of pyridine rings is 1. The van der Waals surface area contributed by atoms with Crippen LogP contribution >= 0.6 is 0 Å². The third-order valence-corrected chi connectivity index (χ3v) is 4.66. The second kappa shape index (κ2) is 8.18. The number of primary amides is 1. The van der Waals surface area contributed by atoms with Gasteiger partial charge in [0.25, 0.3) is 0 Å². The molecule has 0 atom stereocenters. The monoisotopic (exact) mass is 378 g/mol. The van der Waals surface area contributed by atoms with Crippen LogP contribution in [0.25, 0.3) is 22.3 Å². The molecule has 3 aromatic rings. The number of hydrogen-bond acceptors (Lipinski definition) is 7. The molecule has 1 fully saturated rings. The van der Waals surface area contributed by atoms with Crippen LogP contribution in [-0.2, 0) is 9.53 Å². The van der Waals surface area contributed by atoms with Crippen LogP contribution in [0, 0.1) is 0 Å². The van der Waals surface area contributed by atoms with Crippen LogP contribution in [0.3, 0.4) is 0 Å². The van der Waals surface area contributed by atoms with E-state index in [-0.39, 0.29) is 12.3 Å². The molecule has 0 spiro atoms. The zero-order valence-electron chi connectivity index (χ0n) is 15.5. The van der Waals surface area contributed by atoms with Gasteiger partial charge in [0.1, 0.15) is 5.52 Å². The fourth-order valence-electron chi connectivity index (χ4n) is 3.21. The zero-order valence-corrected chi connectivity index (χ0v) is 15.5. The minimum Gasteiger partial charge on any atom is -0.378 e. The smallest absolute Gasteiger partial charge is 0.219 e. The van der Waals surface area contributed by atoms with E-state index >= 15 is 0 Å². The Labute approximate surface area is 162 Å². The van der Waals surface area contributed by atoms with Crippen molar-refractivity contribution in [3.05, 3.63) is 42.7 Å². The lowest BCUT2D eigenvalue weighted by Crippen LogP contribution is -2.36. The average molecular weight is 378 g/mol. The molecule has 1 aliphatic heterocycles. The molecule has 1 aliphatic rings. The molecule has 28 heavy (non-hydrogen) atoms. The van der Waals surface area contributed by atoms with Gasteiger partial charge >= 0.3 is 0 Å². The highest BCUT2D eigenvalue weighted by Gasteiger charge is 2.13. The highest BCUT2D eigenvalue weighted by Crippen LogP contribution is 2.27. The number of hydrogen-bond donors (Lipinski definition) is 2. The molecular weight excluding hydrogens is 356 g/mol. The van der Waals surface area contributed by atoms with Crippen LogP contribution in [0.5, 0.6) is 0 Å². The minimum absolute atomic E-state index is 0.224. The van der Waals surface area contributed by atoms with E-state index in [1.54, 1.807) is 12.4 Å². The molecule has 4 rings (SSSR count). The van der Waals surface area contributed by atoms with E-state index < -0.39 is 0 Å². The summed E-state index contributed by atoms with van der Waals surface area (Å²) in [6.07, 6.45) is 3.50. The first-order valence-corrected chi connectivity index (χ1v) is 9.28. The van der Waals surface area contributed by atoms with Crippen molar-refractivity contribution in [2.75, 3.05) is 43.1 Å². The maximum Gasteiger partial charge on any atom is 0.219 e. The van der Waals surface area contributed by atoms with Crippen molar-refractivity contribution in [3.63, 3.8) is 0 Å². The topological polar surface area (TPSA) is 106 Å². The third kappa shape index (κ3) is 4.01. The van der Waals surface area contributed by atoms with Gasteiger partial charge in [-0.3, -0.25) is 9.78 Å². The fraction of sp³-hybridized carbons (Fsp3) is 0.300. The van der Waals surface area contributed by atoms with Crippen molar-refractivity contribution in [3.8, 4) is 11.3 Å². The quantitative estimate of drug-likeness (QED) is 0.674. The van der Waals surface area contributed by atoms with Gasteiger partial charge in [-0.05, 0) is 18.2 Å². The lowest BCUT2D eigenvalue weighted by molar-refractivity contribution is -0.117. The van der Waals surface area contributed by atoms with Gasteiger partial charge in [0.15, 0.2) is 5.82 Å². The number of carbonyl (C=O) groups is 1. The molecule has 0 saturated carbocycles. The summed E-state index contributed by atoms with van der Waals surface area (Å²) >= 11 is 0. The number of rotatable bonds is 6. The first kappa shape index (κ1) is 18.1. The van der Waals surface area contributed by atoms with Gasteiger partial charge in [0.2, 0.25) is 5.91 Å². The van der Waals surface area contributed by atoms with Gasteiger partial charge in [0, 0.05) is 49.7 Å². The lowest BCUT2D eigenvalue weighted by Gasteiger charge is -2.28. The van der Waals surface area contributed by atoms with E-state index in [1.165, 1.54) is 5.69 Å². The fourth-order valence-corrected chi connectivity index (χ4v) is 3.21. The Hall–Kier alpha value is -3.26. The van der Waals surface area contributed by atoms with Gasteiger partial charge in [-0.1, -0.05) is 12.1 Å². The minimum atomic E-state index is -0.363. The standard InChI is InChI=1S/C20H22N6O2/c21-18(27)5-6-24-20-19-17(22-7-8-23-19)13-16(25-20)14-1-3-15(4-2-14)26-9-11-28-12-10-26/h1-4,7-8,13H,5-6,9-12H2,(H2,21,27)(H,24,25). The second-order valence-electron chi connectivity index (χ2n) is 6.57. The van der Waals surface area contributed by atoms with E-state index in [2.05, 4.69) is 44.5 Å². The molecule has 0 radical (unpaired) electrons. The highest BCUT2D eigenvalue weighted by molar-refractivity contribution is 5.88. The largest absolute Gasteiger partial charge is 0.378 e. The number of anilines is 2. The summed E-state index contributed by atoms with van der Waals surface area (Å²) in [5.74, 6) is 0.233. The molecule has 1 amide bonds. The van der Waals surface area contributed by atoms with Crippen LogP contribution in [0.4, 0.5) is 11.5 Å². The molecule has 0 unspecified atom stereocenters. The number of carbonyl (C=O) groups excluding carboxylic acids is 1. The number of aromatic nitrogens is 3. The van der Waals surface area contributed by atoms with Crippen LogP contribution in [0.1, 0.15) is 6.42 Å². The van der Waals surface area contributed by atoms with E-state index in [4.69, 9.17) is 15.5 Å². The maximum atomic E-state index is 11.0. The summed E-state index contributed by atoms with van der Waals surface area (Å²) in [7, 11) is 0. The zero-order chi connectivity index (χ0) is 19.3. The van der Waals surface area contributed by atoms with Gasteiger partial charge in [-0.15, -0.1) is 0 Å². The van der Waals surface area contributed by atoms with E-state index in [0.29, 0.717) is 17.9 Å². The van der Waals surface area contributed by atoms with Crippen LogP contribution in [0.15, 0.2) is 42.7 Å². The molecule has 3 heterocycles. The van der Waals surface area contributed by atoms with Gasteiger partial charge < -0.3 is 20.7 Å². The lowest BCUT2D eigenvalue weighted by atomic mass is 10.1. The summed E-state index contributed by atoms with van der Waals surface area (Å²) in [4.78, 5) is 26.8. The van der Waals surface area contributed by atoms with E-state index in [9.17, 15) is 4.79 Å². The number of morpholine rings is 1. The third-order valence-electron chi connectivity index (χ3n) is 4.66. The maximum absolute atomic E-state index is 11.0. The summed E-state index contributed by atoms with van der Waals surface area (Å²) in [6.45, 7) is 3.71. The van der Waals surface area contributed by atoms with E-state index in [0.717, 1.165) is 43.1 Å². The molecule has 3 N–H and O–H groups in total. The summed E-state index contributed by atoms with van der Waals surface area (Å²) < 4.78 is 5.41. The van der Waals surface area contributed by atoms with Crippen molar-refractivity contribution in [2.24, 2.45) is 5.73 Å². The van der Waals surface area contributed by atoms with Gasteiger partial charge in [-0.25, -0.2) is 9.97 Å². The molecular formula is C20H22N6O2. The molecule has 0 bridgehead atoms. The van der Waals surface area contributed by atoms with Crippen molar-refractivity contribution in [1.82, 2.24) is 15.0 Å². The Morgan fingerprint density at radius 1 is 1.14 bits per heavy atom. The van der Waals surface area contributed by atoms with E-state index in [1.807, 2.05) is 6.07 Å². The summed E-state index contributed by atoms with van der Waals surface area (Å²) in [5.41, 5.74) is 9.59. The van der Waals surface area contributed by atoms with Crippen molar-refractivity contribution >= 4 is 28.4 Å². The molecule has 0 aliphatic carbocycles. The number of fused-ring (bicyclic) bond motifs is 1. The predicted octanol–water partition coefficient (Wildman–Crippen LogP) is 1.82. The Kier molecular flexibility index (Phi) is 5.29. The van der Waals surface area contributed by atoms with Crippen molar-refractivity contribution < 1.29 is 9.53 Å². The van der Waals surface area contributed by atoms with Crippen LogP contribution in [0.2, 0.25) is 0 Å². The summed E-state index contributed by atoms with van der Waals surface area (Å²) in [5, 5.41) is 3.16. The van der Waals surface area contributed by atoms with Gasteiger partial charge in [-0.2, -0.15) is 0 Å².